The van der Waals surface area contributed by atoms with Crippen LogP contribution in [0.2, 0.25) is 0 Å². The Hall–Kier alpha value is -4.26. The Labute approximate surface area is 223 Å². The molecule has 3 aromatic carbocycles. The van der Waals surface area contributed by atoms with E-state index in [1.807, 2.05) is 50.2 Å². The third-order valence-corrected chi connectivity index (χ3v) is 6.99. The summed E-state index contributed by atoms with van der Waals surface area (Å²) in [6, 6.07) is 17.6. The molecule has 198 valence electrons. The molecule has 7 nitrogen and oxygen atoms in total. The largest absolute Gasteiger partial charge is 0.507 e. The summed E-state index contributed by atoms with van der Waals surface area (Å²) < 4.78 is 11.0. The van der Waals surface area contributed by atoms with E-state index in [1.54, 1.807) is 31.4 Å². The lowest BCUT2D eigenvalue weighted by Gasteiger charge is -2.27. The van der Waals surface area contributed by atoms with Crippen LogP contribution in [0.1, 0.15) is 42.1 Å². The summed E-state index contributed by atoms with van der Waals surface area (Å²) >= 11 is 0. The Morgan fingerprint density at radius 1 is 0.947 bits per heavy atom. The third kappa shape index (κ3) is 4.72. The lowest BCUT2D eigenvalue weighted by molar-refractivity contribution is -0.132. The number of Topliss-reactive ketones (excluding diaryl/α,β-unsaturated/α-hetero) is 1. The van der Waals surface area contributed by atoms with Crippen molar-refractivity contribution in [1.29, 1.82) is 0 Å². The molecule has 1 aliphatic rings. The summed E-state index contributed by atoms with van der Waals surface area (Å²) in [6.07, 6.45) is 0. The van der Waals surface area contributed by atoms with E-state index in [1.165, 1.54) is 12.0 Å². The van der Waals surface area contributed by atoms with Crippen molar-refractivity contribution in [1.82, 2.24) is 0 Å². The number of rotatable bonds is 8. The molecule has 0 aliphatic carbocycles. The van der Waals surface area contributed by atoms with Crippen molar-refractivity contribution in [3.63, 3.8) is 0 Å². The van der Waals surface area contributed by atoms with Crippen LogP contribution in [-0.4, -0.2) is 44.1 Å². The summed E-state index contributed by atoms with van der Waals surface area (Å²) in [4.78, 5) is 30.8. The van der Waals surface area contributed by atoms with Crippen molar-refractivity contribution in [2.24, 2.45) is 0 Å². The minimum absolute atomic E-state index is 0.000581. The monoisotopic (exact) mass is 514 g/mol. The molecule has 0 radical (unpaired) electrons. The summed E-state index contributed by atoms with van der Waals surface area (Å²) in [7, 11) is 3.08. The minimum Gasteiger partial charge on any atom is -0.507 e. The quantitative estimate of drug-likeness (QED) is 0.233. The number of hydrogen-bond acceptors (Lipinski definition) is 6. The van der Waals surface area contributed by atoms with Gasteiger partial charge in [0.1, 0.15) is 17.3 Å². The van der Waals surface area contributed by atoms with Crippen LogP contribution in [0.25, 0.3) is 5.76 Å². The highest BCUT2D eigenvalue weighted by Crippen LogP contribution is 2.44. The van der Waals surface area contributed by atoms with Crippen molar-refractivity contribution >= 4 is 28.8 Å². The molecule has 1 unspecified atom stereocenters. The van der Waals surface area contributed by atoms with Gasteiger partial charge in [-0.05, 0) is 86.8 Å². The van der Waals surface area contributed by atoms with Gasteiger partial charge in [-0.3, -0.25) is 14.5 Å². The van der Waals surface area contributed by atoms with E-state index >= 15 is 0 Å². The second kappa shape index (κ2) is 11.0. The molecule has 3 aromatic rings. The maximum absolute atomic E-state index is 13.6. The highest BCUT2D eigenvalue weighted by molar-refractivity contribution is 6.51. The van der Waals surface area contributed by atoms with Gasteiger partial charge in [0.2, 0.25) is 0 Å². The molecule has 0 saturated carbocycles. The molecule has 0 aromatic heterocycles. The first-order valence-corrected chi connectivity index (χ1v) is 12.7. The number of ether oxygens (including phenoxy) is 2. The SMILES string of the molecule is CCN(CC)c1ccc(N2C(=O)C(=O)/C(=C(/O)c3cc(C)cc(C)c3OC)C2c2cccc(OC)c2)cc1. The number of hydrogen-bond donors (Lipinski definition) is 1. The molecular weight excluding hydrogens is 480 g/mol. The first kappa shape index (κ1) is 26.8. The summed E-state index contributed by atoms with van der Waals surface area (Å²) in [5.74, 6) is -0.717. The standard InChI is InChI=1S/C31H34N2O5/c1-7-32(8-2)22-12-14-23(15-13-22)33-27(21-10-9-11-24(18-21)37-5)26(29(35)31(33)36)28(34)25-17-19(3)16-20(4)30(25)38-6/h9-18,27,34H,7-8H2,1-6H3/b28-26+. The van der Waals surface area contributed by atoms with Gasteiger partial charge in [-0.15, -0.1) is 0 Å². The van der Waals surface area contributed by atoms with Crippen LogP contribution in [0, 0.1) is 13.8 Å². The first-order valence-electron chi connectivity index (χ1n) is 12.7. The number of aliphatic hydroxyl groups excluding tert-OH is 1. The number of ketones is 1. The number of carbonyl (C=O) groups excluding carboxylic acids is 2. The third-order valence-electron chi connectivity index (χ3n) is 6.99. The normalized spacial score (nSPS) is 16.6. The number of carbonyl (C=O) groups is 2. The van der Waals surface area contributed by atoms with E-state index in [4.69, 9.17) is 9.47 Å². The van der Waals surface area contributed by atoms with Gasteiger partial charge < -0.3 is 19.5 Å². The lowest BCUT2D eigenvalue weighted by Crippen LogP contribution is -2.29. The van der Waals surface area contributed by atoms with Gasteiger partial charge in [-0.25, -0.2) is 0 Å². The lowest BCUT2D eigenvalue weighted by atomic mass is 9.93. The molecule has 1 fully saturated rings. The predicted octanol–water partition coefficient (Wildman–Crippen LogP) is 5.79. The number of aryl methyl sites for hydroxylation is 2. The van der Waals surface area contributed by atoms with Gasteiger partial charge in [-0.2, -0.15) is 0 Å². The molecule has 4 rings (SSSR count). The van der Waals surface area contributed by atoms with E-state index in [0.29, 0.717) is 28.3 Å². The molecule has 1 saturated heterocycles. The van der Waals surface area contributed by atoms with Crippen LogP contribution in [-0.2, 0) is 9.59 Å². The van der Waals surface area contributed by atoms with Crippen molar-refractivity contribution in [3.8, 4) is 11.5 Å². The minimum atomic E-state index is -0.866. The van der Waals surface area contributed by atoms with Gasteiger partial charge in [0.15, 0.2) is 0 Å². The fourth-order valence-electron chi connectivity index (χ4n) is 5.18. The molecule has 0 spiro atoms. The van der Waals surface area contributed by atoms with Crippen molar-refractivity contribution in [2.75, 3.05) is 37.1 Å². The van der Waals surface area contributed by atoms with Gasteiger partial charge in [0.25, 0.3) is 11.7 Å². The number of anilines is 2. The molecule has 1 heterocycles. The number of nitrogens with zero attached hydrogens (tertiary/aromatic N) is 2. The number of amides is 1. The van der Waals surface area contributed by atoms with E-state index in [2.05, 4.69) is 18.7 Å². The van der Waals surface area contributed by atoms with Crippen LogP contribution in [0.5, 0.6) is 11.5 Å². The fraction of sp³-hybridized carbons (Fsp3) is 0.290. The highest BCUT2D eigenvalue weighted by Gasteiger charge is 2.47. The second-order valence-electron chi connectivity index (χ2n) is 9.30. The topological polar surface area (TPSA) is 79.3 Å². The zero-order chi connectivity index (χ0) is 27.6. The Morgan fingerprint density at radius 2 is 1.63 bits per heavy atom. The molecule has 1 N–H and O–H groups in total. The molecule has 1 atom stereocenters. The van der Waals surface area contributed by atoms with Crippen LogP contribution in [0.3, 0.4) is 0 Å². The second-order valence-corrected chi connectivity index (χ2v) is 9.30. The molecule has 1 amide bonds. The van der Waals surface area contributed by atoms with Crippen molar-refractivity contribution in [3.05, 3.63) is 88.5 Å². The van der Waals surface area contributed by atoms with Crippen LogP contribution in [0.4, 0.5) is 11.4 Å². The fourth-order valence-corrected chi connectivity index (χ4v) is 5.18. The molecule has 7 heteroatoms. The first-order chi connectivity index (χ1) is 18.2. The van der Waals surface area contributed by atoms with Gasteiger partial charge in [0.05, 0.1) is 31.4 Å². The Morgan fingerprint density at radius 3 is 2.24 bits per heavy atom. The smallest absolute Gasteiger partial charge is 0.300 e. The maximum Gasteiger partial charge on any atom is 0.300 e. The van der Waals surface area contributed by atoms with Crippen LogP contribution >= 0.6 is 0 Å². The zero-order valence-electron chi connectivity index (χ0n) is 22.7. The van der Waals surface area contributed by atoms with Crippen molar-refractivity contribution < 1.29 is 24.2 Å². The van der Waals surface area contributed by atoms with E-state index in [0.717, 1.165) is 29.9 Å². The number of methoxy groups -OCH3 is 2. The van der Waals surface area contributed by atoms with Gasteiger partial charge in [-0.1, -0.05) is 18.2 Å². The Kier molecular flexibility index (Phi) is 7.76. The van der Waals surface area contributed by atoms with Crippen LogP contribution in [0.15, 0.2) is 66.2 Å². The van der Waals surface area contributed by atoms with E-state index in [9.17, 15) is 14.7 Å². The van der Waals surface area contributed by atoms with Crippen molar-refractivity contribution in [2.45, 2.75) is 33.7 Å². The Balaban J connectivity index is 1.95. The van der Waals surface area contributed by atoms with Gasteiger partial charge >= 0.3 is 0 Å². The zero-order valence-corrected chi connectivity index (χ0v) is 22.7. The van der Waals surface area contributed by atoms with Crippen LogP contribution < -0.4 is 19.3 Å². The molecule has 38 heavy (non-hydrogen) atoms. The average Bonchev–Trinajstić information content (AvgIpc) is 3.19. The van der Waals surface area contributed by atoms with Gasteiger partial charge in [0, 0.05) is 24.5 Å². The highest BCUT2D eigenvalue weighted by atomic mass is 16.5. The summed E-state index contributed by atoms with van der Waals surface area (Å²) in [6.45, 7) is 9.64. The molecule has 1 aliphatic heterocycles. The summed E-state index contributed by atoms with van der Waals surface area (Å²) in [5, 5.41) is 11.6. The number of aliphatic hydroxyl groups is 1. The predicted molar refractivity (Wildman–Crippen MR) is 150 cm³/mol. The maximum atomic E-state index is 13.6. The molecular formula is C31H34N2O5. The van der Waals surface area contributed by atoms with E-state index < -0.39 is 17.7 Å². The average molecular weight is 515 g/mol. The van der Waals surface area contributed by atoms with E-state index in [-0.39, 0.29) is 11.3 Å². The Bertz CT molecular complexity index is 1390. The molecule has 0 bridgehead atoms. The number of benzene rings is 3. The summed E-state index contributed by atoms with van der Waals surface area (Å²) in [5.41, 5.74) is 4.29.